The highest BCUT2D eigenvalue weighted by Gasteiger charge is 2.10. The van der Waals surface area contributed by atoms with Crippen molar-refractivity contribution in [3.63, 3.8) is 0 Å². The molecule has 0 saturated heterocycles. The van der Waals surface area contributed by atoms with Crippen LogP contribution in [0.5, 0.6) is 0 Å². The molecule has 2 heterocycles. The molecule has 5 heteroatoms. The van der Waals surface area contributed by atoms with Gasteiger partial charge in [0, 0.05) is 17.6 Å². The van der Waals surface area contributed by atoms with Gasteiger partial charge in [0.2, 0.25) is 0 Å². The quantitative estimate of drug-likeness (QED) is 0.542. The van der Waals surface area contributed by atoms with Gasteiger partial charge in [0.25, 0.3) is 0 Å². The van der Waals surface area contributed by atoms with Crippen LogP contribution in [0.1, 0.15) is 18.4 Å². The van der Waals surface area contributed by atoms with E-state index in [1.807, 2.05) is 12.1 Å². The van der Waals surface area contributed by atoms with Crippen LogP contribution in [0, 0.1) is 18.3 Å². The number of unbranched alkanes of at least 4 members (excludes halogenated alkanes) is 1. The van der Waals surface area contributed by atoms with Crippen LogP contribution in [0.3, 0.4) is 0 Å². The maximum absolute atomic E-state index is 8.57. The average Bonchev–Trinajstić information content (AvgIpc) is 2.87. The van der Waals surface area contributed by atoms with Crippen molar-refractivity contribution >= 4 is 28.3 Å². The number of rotatable bonds is 4. The maximum atomic E-state index is 8.57. The number of aryl methyl sites for hydroxylation is 1. The fraction of sp³-hybridized carbons (Fsp3) is 0.267. The van der Waals surface area contributed by atoms with Crippen molar-refractivity contribution in [2.45, 2.75) is 24.9 Å². The lowest BCUT2D eigenvalue weighted by atomic mass is 10.1. The summed E-state index contributed by atoms with van der Waals surface area (Å²) in [5.74, 6) is 0.885. The number of para-hydroxylation sites is 1. The van der Waals surface area contributed by atoms with Gasteiger partial charge in [0.1, 0.15) is 0 Å². The molecule has 0 spiro atoms. The van der Waals surface area contributed by atoms with Gasteiger partial charge in [-0.2, -0.15) is 5.26 Å². The Morgan fingerprint density at radius 1 is 1.30 bits per heavy atom. The number of hydrogen-bond acceptors (Lipinski definition) is 4. The van der Waals surface area contributed by atoms with Gasteiger partial charge in [-0.1, -0.05) is 30.0 Å². The third kappa shape index (κ3) is 2.23. The summed E-state index contributed by atoms with van der Waals surface area (Å²) in [6, 6.07) is 12.5. The molecular formula is C15H14N4S. The lowest BCUT2D eigenvalue weighted by molar-refractivity contribution is 0.926. The Bertz CT molecular complexity index is 801. The molecule has 0 unspecified atom stereocenters. The van der Waals surface area contributed by atoms with E-state index >= 15 is 0 Å². The third-order valence-electron chi connectivity index (χ3n) is 3.24. The summed E-state index contributed by atoms with van der Waals surface area (Å²) in [5.41, 5.74) is 3.22. The number of benzene rings is 1. The molecular weight excluding hydrogens is 268 g/mol. The molecule has 0 N–H and O–H groups in total. The monoisotopic (exact) mass is 282 g/mol. The second kappa shape index (κ2) is 5.51. The third-order valence-corrected chi connectivity index (χ3v) is 4.25. The first-order valence-corrected chi connectivity index (χ1v) is 7.53. The normalized spacial score (nSPS) is 11.0. The maximum Gasteiger partial charge on any atom is 0.196 e. The highest BCUT2D eigenvalue weighted by Crippen LogP contribution is 2.25. The van der Waals surface area contributed by atoms with E-state index in [1.54, 1.807) is 11.8 Å². The Morgan fingerprint density at radius 3 is 3.00 bits per heavy atom. The molecule has 0 aliphatic heterocycles. The van der Waals surface area contributed by atoms with Crippen molar-refractivity contribution in [1.82, 2.24) is 14.6 Å². The Kier molecular flexibility index (Phi) is 3.57. The Labute approximate surface area is 121 Å². The standard InChI is InChI=1S/C15H14N4S/c1-11-10-14-17-18-15(20-9-5-4-8-16)19(14)13-7-3-2-6-12(11)13/h2-3,6-7,10H,4-5,9H2,1H3. The smallest absolute Gasteiger partial charge is 0.196 e. The topological polar surface area (TPSA) is 54.0 Å². The minimum atomic E-state index is 0.587. The molecule has 0 aliphatic rings. The Hall–Kier alpha value is -2.06. The molecule has 0 aliphatic carbocycles. The summed E-state index contributed by atoms with van der Waals surface area (Å²) in [6.07, 6.45) is 1.46. The Balaban J connectivity index is 2.06. The van der Waals surface area contributed by atoms with Gasteiger partial charge < -0.3 is 0 Å². The second-order valence-corrected chi connectivity index (χ2v) is 5.69. The van der Waals surface area contributed by atoms with Gasteiger partial charge in [-0.15, -0.1) is 10.2 Å². The first kappa shape index (κ1) is 12.9. The van der Waals surface area contributed by atoms with Gasteiger partial charge >= 0.3 is 0 Å². The van der Waals surface area contributed by atoms with Crippen LogP contribution in [0.25, 0.3) is 16.6 Å². The van der Waals surface area contributed by atoms with E-state index in [9.17, 15) is 0 Å². The van der Waals surface area contributed by atoms with E-state index < -0.39 is 0 Å². The van der Waals surface area contributed by atoms with Crippen molar-refractivity contribution in [2.75, 3.05) is 5.75 Å². The minimum absolute atomic E-state index is 0.587. The molecule has 4 nitrogen and oxygen atoms in total. The molecule has 3 aromatic rings. The van der Waals surface area contributed by atoms with Crippen LogP contribution >= 0.6 is 11.8 Å². The molecule has 0 radical (unpaired) electrons. The number of fused-ring (bicyclic) bond motifs is 3. The molecule has 0 amide bonds. The van der Waals surface area contributed by atoms with Crippen molar-refractivity contribution in [2.24, 2.45) is 0 Å². The van der Waals surface area contributed by atoms with Crippen LogP contribution in [-0.4, -0.2) is 20.4 Å². The number of aromatic nitrogens is 3. The highest BCUT2D eigenvalue weighted by atomic mass is 32.2. The summed E-state index contributed by atoms with van der Waals surface area (Å²) >= 11 is 1.66. The van der Waals surface area contributed by atoms with Crippen LogP contribution in [0.2, 0.25) is 0 Å². The zero-order valence-electron chi connectivity index (χ0n) is 11.2. The summed E-state index contributed by atoms with van der Waals surface area (Å²) in [5, 5.41) is 19.2. The zero-order valence-corrected chi connectivity index (χ0v) is 12.0. The van der Waals surface area contributed by atoms with Crippen LogP contribution in [0.15, 0.2) is 35.5 Å². The fourth-order valence-corrected chi connectivity index (χ4v) is 3.17. The fourth-order valence-electron chi connectivity index (χ4n) is 2.28. The van der Waals surface area contributed by atoms with Crippen molar-refractivity contribution in [1.29, 1.82) is 5.26 Å². The number of nitrogens with zero attached hydrogens (tertiary/aromatic N) is 4. The van der Waals surface area contributed by atoms with Crippen LogP contribution < -0.4 is 0 Å². The zero-order chi connectivity index (χ0) is 13.9. The first-order valence-electron chi connectivity index (χ1n) is 6.54. The highest BCUT2D eigenvalue weighted by molar-refractivity contribution is 7.99. The first-order chi connectivity index (χ1) is 9.81. The lowest BCUT2D eigenvalue weighted by Gasteiger charge is -2.06. The van der Waals surface area contributed by atoms with Gasteiger partial charge in [-0.3, -0.25) is 4.40 Å². The van der Waals surface area contributed by atoms with Crippen LogP contribution in [0.4, 0.5) is 0 Å². The molecule has 20 heavy (non-hydrogen) atoms. The summed E-state index contributed by atoms with van der Waals surface area (Å²) in [6.45, 7) is 2.09. The Morgan fingerprint density at radius 2 is 2.15 bits per heavy atom. The second-order valence-electron chi connectivity index (χ2n) is 4.63. The molecule has 3 rings (SSSR count). The number of nitriles is 1. The van der Waals surface area contributed by atoms with Gasteiger partial charge in [-0.25, -0.2) is 0 Å². The molecule has 0 fully saturated rings. The predicted octanol–water partition coefficient (Wildman–Crippen LogP) is 3.59. The SMILES string of the molecule is Cc1cc2nnc(SCCCC#N)n2c2ccccc12. The van der Waals surface area contributed by atoms with E-state index in [4.69, 9.17) is 5.26 Å². The van der Waals surface area contributed by atoms with Gasteiger partial charge in [-0.05, 0) is 31.0 Å². The molecule has 2 aromatic heterocycles. The number of hydrogen-bond donors (Lipinski definition) is 0. The molecule has 0 bridgehead atoms. The lowest BCUT2D eigenvalue weighted by Crippen LogP contribution is -1.93. The largest absolute Gasteiger partial charge is 0.270 e. The van der Waals surface area contributed by atoms with Crippen molar-refractivity contribution in [3.8, 4) is 6.07 Å². The number of thioether (sulfide) groups is 1. The van der Waals surface area contributed by atoms with E-state index in [2.05, 4.69) is 45.8 Å². The van der Waals surface area contributed by atoms with Gasteiger partial charge in [0.05, 0.1) is 11.6 Å². The minimum Gasteiger partial charge on any atom is -0.270 e. The summed E-state index contributed by atoms with van der Waals surface area (Å²) < 4.78 is 2.10. The number of pyridine rings is 1. The van der Waals surface area contributed by atoms with Gasteiger partial charge in [0.15, 0.2) is 10.8 Å². The molecule has 1 aromatic carbocycles. The summed E-state index contributed by atoms with van der Waals surface area (Å²) in [7, 11) is 0. The van der Waals surface area contributed by atoms with E-state index in [-0.39, 0.29) is 0 Å². The molecule has 0 saturated carbocycles. The summed E-state index contributed by atoms with van der Waals surface area (Å²) in [4.78, 5) is 0. The predicted molar refractivity (Wildman–Crippen MR) is 80.8 cm³/mol. The van der Waals surface area contributed by atoms with E-state index in [1.165, 1.54) is 10.9 Å². The van der Waals surface area contributed by atoms with E-state index in [0.29, 0.717) is 6.42 Å². The van der Waals surface area contributed by atoms with Crippen LogP contribution in [-0.2, 0) is 0 Å². The molecule has 0 atom stereocenters. The molecule has 100 valence electrons. The van der Waals surface area contributed by atoms with E-state index in [0.717, 1.165) is 28.5 Å². The van der Waals surface area contributed by atoms with Crippen molar-refractivity contribution < 1.29 is 0 Å². The average molecular weight is 282 g/mol. The van der Waals surface area contributed by atoms with Crippen molar-refractivity contribution in [3.05, 3.63) is 35.9 Å².